The third kappa shape index (κ3) is 11.1. The van der Waals surface area contributed by atoms with Gasteiger partial charge in [-0.1, -0.05) is 0 Å². The molecule has 1 aliphatic rings. The Balaban J connectivity index is 0. The minimum atomic E-state index is -5.06. The molecule has 2 N–H and O–H groups in total. The average Bonchev–Trinajstić information content (AvgIpc) is 3.00. The van der Waals surface area contributed by atoms with E-state index in [0.717, 1.165) is 11.7 Å². The zero-order chi connectivity index (χ0) is 24.3. The molecule has 1 aromatic rings. The van der Waals surface area contributed by atoms with Crippen molar-refractivity contribution in [3.8, 4) is 0 Å². The first kappa shape index (κ1) is 39.6. The Bertz CT molecular complexity index is 898. The fourth-order valence-corrected chi connectivity index (χ4v) is 9.81. The van der Waals surface area contributed by atoms with Gasteiger partial charge in [-0.15, -0.1) is 0 Å². The summed E-state index contributed by atoms with van der Waals surface area (Å²) >= 11 is 0. The number of rotatable bonds is 11. The third-order valence-corrected chi connectivity index (χ3v) is 12.1. The van der Waals surface area contributed by atoms with Crippen molar-refractivity contribution in [2.75, 3.05) is 25.5 Å². The van der Waals surface area contributed by atoms with E-state index in [-0.39, 0.29) is 88.7 Å². The number of aliphatic hydroxyl groups is 2. The molecule has 0 bridgehead atoms. The number of nitrogens with zero attached hydrogens (tertiary/aromatic N) is 2. The molecular weight excluding hydrogens is 570 g/mol. The van der Waals surface area contributed by atoms with Gasteiger partial charge in [0.2, 0.25) is 15.9 Å². The molecular formula is C13H20N2Na3O14P3. The average molecular weight is 590 g/mol. The maximum Gasteiger partial charge on any atom is 1.00 e. The summed E-state index contributed by atoms with van der Waals surface area (Å²) in [6.07, 6.45) is -4.73. The van der Waals surface area contributed by atoms with E-state index < -0.39 is 71.9 Å². The van der Waals surface area contributed by atoms with Crippen molar-refractivity contribution in [3.63, 3.8) is 0 Å². The van der Waals surface area contributed by atoms with Crippen LogP contribution in [-0.2, 0) is 27.7 Å². The van der Waals surface area contributed by atoms with Gasteiger partial charge in [0.1, 0.15) is 30.8 Å². The molecule has 0 aromatic carbocycles. The molecule has 6 atom stereocenters. The zero-order valence-electron chi connectivity index (χ0n) is 19.6. The molecule has 2 rings (SSSR count). The Labute approximate surface area is 267 Å². The quantitative estimate of drug-likeness (QED) is 0.105. The van der Waals surface area contributed by atoms with Crippen molar-refractivity contribution in [2.45, 2.75) is 31.5 Å². The van der Waals surface area contributed by atoms with Crippen LogP contribution in [0.4, 0.5) is 0 Å². The van der Waals surface area contributed by atoms with Gasteiger partial charge in [-0.05, 0) is 13.0 Å². The van der Waals surface area contributed by atoms with Crippen LogP contribution in [0.3, 0.4) is 0 Å². The van der Waals surface area contributed by atoms with Crippen LogP contribution in [0.1, 0.15) is 11.9 Å². The summed E-state index contributed by atoms with van der Waals surface area (Å²) in [6.45, 7) is 0.799. The van der Waals surface area contributed by atoms with Crippen LogP contribution in [0.15, 0.2) is 17.1 Å². The summed E-state index contributed by atoms with van der Waals surface area (Å²) < 4.78 is 34.0. The SMILES string of the molecule is CO[P+]([O-])(CP(=O)([O-])C[P+]([O-])(O[O-])O[O-])OC[C@H]1O[C@@H](n2ccc(C)nc2=O)[C@H](O)[C@@H]1O.[Na+].[Na+].[Na+]. The van der Waals surface area contributed by atoms with Gasteiger partial charge in [0.05, 0.1) is 14.5 Å². The zero-order valence-corrected chi connectivity index (χ0v) is 28.3. The predicted octanol–water partition coefficient (Wildman–Crippen LogP) is -13.8. The molecule has 22 heteroatoms. The van der Waals surface area contributed by atoms with Gasteiger partial charge < -0.3 is 44.7 Å². The van der Waals surface area contributed by atoms with E-state index in [0.29, 0.717) is 5.69 Å². The van der Waals surface area contributed by atoms with Crippen molar-refractivity contribution in [2.24, 2.45) is 0 Å². The van der Waals surface area contributed by atoms with E-state index in [1.54, 1.807) is 6.92 Å². The van der Waals surface area contributed by atoms with Crippen LogP contribution < -0.4 is 120 Å². The summed E-state index contributed by atoms with van der Waals surface area (Å²) in [5.41, 5.74) is -0.375. The molecule has 2 heterocycles. The van der Waals surface area contributed by atoms with Crippen molar-refractivity contribution in [1.82, 2.24) is 9.55 Å². The van der Waals surface area contributed by atoms with Crippen LogP contribution in [0.25, 0.3) is 0 Å². The van der Waals surface area contributed by atoms with E-state index in [4.69, 9.17) is 9.26 Å². The maximum atomic E-state index is 12.6. The van der Waals surface area contributed by atoms with Crippen LogP contribution in [0.2, 0.25) is 0 Å². The summed E-state index contributed by atoms with van der Waals surface area (Å²) in [5, 5.41) is 40.9. The molecule has 1 aromatic heterocycles. The molecule has 0 radical (unpaired) electrons. The predicted molar refractivity (Wildman–Crippen MR) is 95.5 cm³/mol. The Morgan fingerprint density at radius 2 is 1.69 bits per heavy atom. The third-order valence-electron chi connectivity index (χ3n) is 4.30. The molecule has 35 heavy (non-hydrogen) atoms. The number of aliphatic hydroxyl groups excluding tert-OH is 2. The smallest absolute Gasteiger partial charge is 0.794 e. The first-order chi connectivity index (χ1) is 14.8. The molecule has 184 valence electrons. The van der Waals surface area contributed by atoms with Crippen LogP contribution in [-0.4, -0.2) is 63.6 Å². The van der Waals surface area contributed by atoms with Gasteiger partial charge >= 0.3 is 94.4 Å². The monoisotopic (exact) mass is 590 g/mol. The van der Waals surface area contributed by atoms with Gasteiger partial charge in [0, 0.05) is 11.9 Å². The topological polar surface area (TPSA) is 254 Å². The summed E-state index contributed by atoms with van der Waals surface area (Å²) in [5.74, 6) is -3.06. The second-order valence-electron chi connectivity index (χ2n) is 6.75. The number of aryl methyl sites for hydroxylation is 1. The molecule has 16 nitrogen and oxygen atoms in total. The molecule has 0 spiro atoms. The largest absolute Gasteiger partial charge is 1.00 e. The van der Waals surface area contributed by atoms with E-state index >= 15 is 0 Å². The summed E-state index contributed by atoms with van der Waals surface area (Å²) in [7, 11) is -13.8. The van der Waals surface area contributed by atoms with Crippen LogP contribution in [0.5, 0.6) is 0 Å². The van der Waals surface area contributed by atoms with E-state index in [1.807, 2.05) is 0 Å². The second-order valence-corrected chi connectivity index (χ2v) is 14.0. The Morgan fingerprint density at radius 3 is 2.17 bits per heavy atom. The minimum absolute atomic E-state index is 0. The first-order valence-corrected chi connectivity index (χ1v) is 14.1. The van der Waals surface area contributed by atoms with Crippen LogP contribution >= 0.6 is 23.3 Å². The summed E-state index contributed by atoms with van der Waals surface area (Å²) in [4.78, 5) is 51.9. The molecule has 1 saturated heterocycles. The number of ether oxygens (including phenoxy) is 1. The molecule has 0 saturated carbocycles. The maximum absolute atomic E-state index is 12.6. The van der Waals surface area contributed by atoms with Crippen molar-refractivity contribution in [1.29, 1.82) is 0 Å². The summed E-state index contributed by atoms with van der Waals surface area (Å²) in [6, 6.07) is 1.45. The fourth-order valence-electron chi connectivity index (χ4n) is 2.76. The van der Waals surface area contributed by atoms with E-state index in [9.17, 15) is 44.8 Å². The van der Waals surface area contributed by atoms with Gasteiger partial charge in [-0.3, -0.25) is 13.9 Å². The van der Waals surface area contributed by atoms with E-state index in [2.05, 4.69) is 18.9 Å². The van der Waals surface area contributed by atoms with Gasteiger partial charge in [-0.2, -0.15) is 4.98 Å². The van der Waals surface area contributed by atoms with Crippen molar-refractivity contribution >= 4 is 23.3 Å². The second kappa shape index (κ2) is 16.7. The fraction of sp³-hybridized carbons (Fsp3) is 0.692. The standard InChI is InChI=1S/C13H23N2O14P3.3Na/c1-8-3-4-15(13(18)14-8)12-11(17)10(16)9(27-12)5-26-31(23,25-2)6-30(21,22)7-32(24,28-19)29-20;;;/h3-4,9-12,16-17,19-20H,5-7H2,1-2H3,(H,21,22);;;/q;3*+1/p-3/t9-,10-,11-,12-,31?;;;/m1.../s1. The Hall–Kier alpha value is 2.49. The van der Waals surface area contributed by atoms with E-state index in [1.165, 1.54) is 12.3 Å². The first-order valence-electron chi connectivity index (χ1n) is 8.67. The van der Waals surface area contributed by atoms with Gasteiger partial charge in [0.15, 0.2) is 12.1 Å². The molecule has 1 fully saturated rings. The minimum Gasteiger partial charge on any atom is -0.794 e. The molecule has 2 unspecified atom stereocenters. The molecule has 0 amide bonds. The number of hydrogen-bond acceptors (Lipinski definition) is 15. The van der Waals surface area contributed by atoms with Crippen LogP contribution in [0, 0.1) is 6.92 Å². The Kier molecular flexibility index (Phi) is 18.9. The van der Waals surface area contributed by atoms with Gasteiger partial charge in [-0.25, -0.2) is 13.8 Å². The number of hydrogen-bond donors (Lipinski definition) is 2. The Morgan fingerprint density at radius 1 is 1.14 bits per heavy atom. The van der Waals surface area contributed by atoms with Gasteiger partial charge in [0.25, 0.3) is 0 Å². The van der Waals surface area contributed by atoms with Crippen molar-refractivity contribution in [3.05, 3.63) is 28.4 Å². The molecule has 1 aliphatic heterocycles. The molecule has 0 aliphatic carbocycles. The normalized spacial score (nSPS) is 25.4. The van der Waals surface area contributed by atoms with Crippen molar-refractivity contribution < 1.29 is 152 Å². The number of aromatic nitrogens is 2.